The third-order valence-electron chi connectivity index (χ3n) is 5.28. The summed E-state index contributed by atoms with van der Waals surface area (Å²) in [6.07, 6.45) is 7.86. The summed E-state index contributed by atoms with van der Waals surface area (Å²) in [4.78, 5) is 16.3. The molecular weight excluding hydrogens is 438 g/mol. The van der Waals surface area contributed by atoms with Gasteiger partial charge in [0.15, 0.2) is 0 Å². The minimum Gasteiger partial charge on any atom is -0.497 e. The Kier molecular flexibility index (Phi) is 10.4. The number of methoxy groups -OCH3 is 2. The topological polar surface area (TPSA) is 57.7 Å². The molecule has 2 aromatic carbocycles. The average Bonchev–Trinajstić information content (AvgIpc) is 2.91. The zero-order valence-corrected chi connectivity index (χ0v) is 20.3. The fraction of sp³-hybridized carbons (Fsp3) is 0.267. The molecule has 180 valence electrons. The summed E-state index contributed by atoms with van der Waals surface area (Å²) in [6.45, 7) is 0.582. The number of allylic oxidation sites excluding steroid dienone is 1. The predicted octanol–water partition coefficient (Wildman–Crippen LogP) is 5.86. The van der Waals surface area contributed by atoms with Crippen LogP contribution in [0.2, 0.25) is 0 Å². The Balaban J connectivity index is 1.53. The lowest BCUT2D eigenvalue weighted by molar-refractivity contribution is -0.140. The van der Waals surface area contributed by atoms with Gasteiger partial charge in [-0.2, -0.15) is 0 Å². The fourth-order valence-electron chi connectivity index (χ4n) is 3.33. The van der Waals surface area contributed by atoms with Crippen LogP contribution in [0.5, 0.6) is 11.5 Å². The second-order valence-electron chi connectivity index (χ2n) is 7.85. The SMILES string of the molecule is COC(=O)CCc1nc(C#Cc2ccccc2)ccc1OCCCC/C=C/c1ccc(OC)cc1. The van der Waals surface area contributed by atoms with Crippen LogP contribution >= 0.6 is 0 Å². The fourth-order valence-corrected chi connectivity index (χ4v) is 3.33. The number of aromatic nitrogens is 1. The van der Waals surface area contributed by atoms with E-state index >= 15 is 0 Å². The van der Waals surface area contributed by atoms with Gasteiger partial charge in [0.2, 0.25) is 0 Å². The Morgan fingerprint density at radius 2 is 1.74 bits per heavy atom. The molecule has 0 atom stereocenters. The molecule has 3 aromatic rings. The van der Waals surface area contributed by atoms with Gasteiger partial charge in [0.25, 0.3) is 0 Å². The molecule has 35 heavy (non-hydrogen) atoms. The van der Waals surface area contributed by atoms with E-state index in [1.807, 2.05) is 66.7 Å². The molecule has 0 saturated carbocycles. The maximum absolute atomic E-state index is 11.7. The molecule has 0 spiro atoms. The highest BCUT2D eigenvalue weighted by Crippen LogP contribution is 2.20. The first-order chi connectivity index (χ1) is 17.2. The highest BCUT2D eigenvalue weighted by atomic mass is 16.5. The third-order valence-corrected chi connectivity index (χ3v) is 5.28. The Morgan fingerprint density at radius 3 is 2.49 bits per heavy atom. The van der Waals surface area contributed by atoms with Crippen molar-refractivity contribution in [2.24, 2.45) is 0 Å². The Labute approximate surface area is 207 Å². The van der Waals surface area contributed by atoms with Crippen molar-refractivity contribution in [1.82, 2.24) is 4.98 Å². The molecule has 5 nitrogen and oxygen atoms in total. The summed E-state index contributed by atoms with van der Waals surface area (Å²) < 4.78 is 16.0. The quantitative estimate of drug-likeness (QED) is 0.200. The van der Waals surface area contributed by atoms with Crippen molar-refractivity contribution in [2.45, 2.75) is 32.1 Å². The summed E-state index contributed by atoms with van der Waals surface area (Å²) in [5, 5.41) is 0. The second kappa shape index (κ2) is 14.3. The van der Waals surface area contributed by atoms with Gasteiger partial charge in [-0.15, -0.1) is 0 Å². The molecule has 0 aliphatic carbocycles. The number of carbonyl (C=O) groups excluding carboxylic acids is 1. The maximum Gasteiger partial charge on any atom is 0.305 e. The summed E-state index contributed by atoms with van der Waals surface area (Å²) in [6, 6.07) is 21.5. The van der Waals surface area contributed by atoms with Crippen molar-refractivity contribution in [2.75, 3.05) is 20.8 Å². The van der Waals surface area contributed by atoms with Crippen LogP contribution in [0.4, 0.5) is 0 Å². The first-order valence-corrected chi connectivity index (χ1v) is 11.7. The number of nitrogens with zero attached hydrogens (tertiary/aromatic N) is 1. The zero-order valence-electron chi connectivity index (χ0n) is 20.3. The van der Waals surface area contributed by atoms with Crippen molar-refractivity contribution in [3.05, 3.63) is 95.3 Å². The molecule has 5 heteroatoms. The number of hydrogen-bond acceptors (Lipinski definition) is 5. The van der Waals surface area contributed by atoms with Gasteiger partial charge in [-0.3, -0.25) is 4.79 Å². The van der Waals surface area contributed by atoms with Crippen LogP contribution < -0.4 is 9.47 Å². The van der Waals surface area contributed by atoms with Gasteiger partial charge in [0, 0.05) is 12.0 Å². The monoisotopic (exact) mass is 469 g/mol. The molecule has 0 amide bonds. The summed E-state index contributed by atoms with van der Waals surface area (Å²) in [5.74, 6) is 7.48. The van der Waals surface area contributed by atoms with Crippen molar-refractivity contribution < 1.29 is 19.0 Å². The first-order valence-electron chi connectivity index (χ1n) is 11.7. The van der Waals surface area contributed by atoms with Gasteiger partial charge in [0.05, 0.1) is 32.9 Å². The molecular formula is C30H31NO4. The molecule has 0 aliphatic rings. The van der Waals surface area contributed by atoms with Crippen LogP contribution in [-0.4, -0.2) is 31.8 Å². The van der Waals surface area contributed by atoms with Gasteiger partial charge in [-0.1, -0.05) is 48.4 Å². The number of unbranched alkanes of at least 4 members (excludes halogenated alkanes) is 2. The van der Waals surface area contributed by atoms with Crippen LogP contribution in [0.1, 0.15) is 48.2 Å². The maximum atomic E-state index is 11.7. The van der Waals surface area contributed by atoms with Gasteiger partial charge in [-0.05, 0) is 67.1 Å². The Hall–Kier alpha value is -4.04. The molecule has 0 saturated heterocycles. The molecule has 0 unspecified atom stereocenters. The smallest absolute Gasteiger partial charge is 0.305 e. The van der Waals surface area contributed by atoms with E-state index in [0.29, 0.717) is 24.5 Å². The van der Waals surface area contributed by atoms with Gasteiger partial charge >= 0.3 is 5.97 Å². The summed E-state index contributed by atoms with van der Waals surface area (Å²) >= 11 is 0. The minimum absolute atomic E-state index is 0.242. The van der Waals surface area contributed by atoms with E-state index in [1.165, 1.54) is 7.11 Å². The lowest BCUT2D eigenvalue weighted by Gasteiger charge is -2.11. The molecule has 0 radical (unpaired) electrons. The number of esters is 1. The van der Waals surface area contributed by atoms with Crippen molar-refractivity contribution in [3.63, 3.8) is 0 Å². The highest BCUT2D eigenvalue weighted by Gasteiger charge is 2.10. The van der Waals surface area contributed by atoms with Crippen LogP contribution in [0.3, 0.4) is 0 Å². The second-order valence-corrected chi connectivity index (χ2v) is 7.85. The molecule has 3 rings (SSSR count). The van der Waals surface area contributed by atoms with E-state index < -0.39 is 0 Å². The van der Waals surface area contributed by atoms with Crippen LogP contribution in [0.15, 0.2) is 72.8 Å². The van der Waals surface area contributed by atoms with E-state index in [9.17, 15) is 4.79 Å². The molecule has 1 aromatic heterocycles. The summed E-state index contributed by atoms with van der Waals surface area (Å²) in [7, 11) is 3.05. The molecule has 0 fully saturated rings. The van der Waals surface area contributed by atoms with E-state index in [-0.39, 0.29) is 12.4 Å². The Morgan fingerprint density at radius 1 is 0.943 bits per heavy atom. The standard InChI is InChI=1S/C30H31NO4/c1-33-27-18-14-25(15-19-27)12-6-3-4-9-23-35-29-21-17-26(16-13-24-10-7-5-8-11-24)31-28(29)20-22-30(32)34-2/h5-8,10-12,14-15,17-19,21H,3-4,9,20,22-23H2,1-2H3/b12-6+. The number of carbonyl (C=O) groups is 1. The molecule has 0 aliphatic heterocycles. The normalized spacial score (nSPS) is 10.5. The molecule has 0 bridgehead atoms. The van der Waals surface area contributed by atoms with Gasteiger partial charge < -0.3 is 14.2 Å². The van der Waals surface area contributed by atoms with Crippen molar-refractivity contribution in [1.29, 1.82) is 0 Å². The average molecular weight is 470 g/mol. The van der Waals surface area contributed by atoms with E-state index in [2.05, 4.69) is 29.0 Å². The Bertz CT molecular complexity index is 1160. The van der Waals surface area contributed by atoms with Gasteiger partial charge in [0.1, 0.15) is 17.2 Å². The number of rotatable bonds is 11. The molecule has 0 N–H and O–H groups in total. The third kappa shape index (κ3) is 9.02. The number of benzene rings is 2. The van der Waals surface area contributed by atoms with Gasteiger partial charge in [-0.25, -0.2) is 4.98 Å². The summed E-state index contributed by atoms with van der Waals surface area (Å²) in [5.41, 5.74) is 3.44. The van der Waals surface area contributed by atoms with Crippen molar-refractivity contribution >= 4 is 12.0 Å². The molecule has 1 heterocycles. The largest absolute Gasteiger partial charge is 0.497 e. The van der Waals surface area contributed by atoms with Crippen LogP contribution in [0, 0.1) is 11.8 Å². The van der Waals surface area contributed by atoms with Crippen molar-refractivity contribution in [3.8, 4) is 23.3 Å². The number of aryl methyl sites for hydroxylation is 1. The number of pyridine rings is 1. The predicted molar refractivity (Wildman–Crippen MR) is 138 cm³/mol. The first kappa shape index (κ1) is 25.6. The minimum atomic E-state index is -0.276. The lowest BCUT2D eigenvalue weighted by Crippen LogP contribution is -2.07. The van der Waals surface area contributed by atoms with E-state index in [0.717, 1.165) is 41.8 Å². The number of ether oxygens (including phenoxy) is 3. The van der Waals surface area contributed by atoms with E-state index in [4.69, 9.17) is 14.2 Å². The highest BCUT2D eigenvalue weighted by molar-refractivity contribution is 5.69. The zero-order chi connectivity index (χ0) is 24.7. The number of hydrogen-bond donors (Lipinski definition) is 0. The van der Waals surface area contributed by atoms with Crippen LogP contribution in [-0.2, 0) is 16.0 Å². The van der Waals surface area contributed by atoms with E-state index in [1.54, 1.807) is 7.11 Å². The lowest BCUT2D eigenvalue weighted by atomic mass is 10.1. The van der Waals surface area contributed by atoms with Crippen LogP contribution in [0.25, 0.3) is 6.08 Å².